The van der Waals surface area contributed by atoms with Crippen LogP contribution in [0.5, 0.6) is 0 Å². The highest BCUT2D eigenvalue weighted by Crippen LogP contribution is 2.60. The fourth-order valence-electron chi connectivity index (χ4n) is 18.8. The predicted octanol–water partition coefficient (Wildman–Crippen LogP) is 44.0. The van der Waals surface area contributed by atoms with Gasteiger partial charge in [0.15, 0.2) is 0 Å². The third kappa shape index (κ3) is 43.9. The Balaban J connectivity index is -0.000000156. The second kappa shape index (κ2) is 59.6. The third-order valence-corrected chi connectivity index (χ3v) is 31.2. The molecule has 0 aliphatic heterocycles. The minimum absolute atomic E-state index is 0.0478. The van der Waals surface area contributed by atoms with Crippen molar-refractivity contribution in [3.05, 3.63) is 0 Å². The molecule has 131 heavy (non-hydrogen) atoms. The molecule has 30 heteroatoms. The van der Waals surface area contributed by atoms with E-state index in [9.17, 15) is 132 Å². The van der Waals surface area contributed by atoms with Crippen LogP contribution in [0.25, 0.3) is 0 Å². The fraction of sp³-hybridized carbons (Fsp3) is 1.00. The first-order chi connectivity index (χ1) is 57.7. The summed E-state index contributed by atoms with van der Waals surface area (Å²) in [7, 11) is 0. The van der Waals surface area contributed by atoms with Gasteiger partial charge in [-0.1, -0.05) is 357 Å². The zero-order valence-electron chi connectivity index (χ0n) is 90.0. The summed E-state index contributed by atoms with van der Waals surface area (Å²) in [5.74, 6) is -1.11. The molecular weight excluding hydrogens is 1780 g/mol. The van der Waals surface area contributed by atoms with E-state index in [1.54, 1.807) is 83.1 Å². The highest BCUT2D eigenvalue weighted by Gasteiger charge is 2.63. The summed E-state index contributed by atoms with van der Waals surface area (Å²) in [5.41, 5.74) is -16.6. The lowest BCUT2D eigenvalue weighted by atomic mass is 9.60. The van der Waals surface area contributed by atoms with E-state index in [0.717, 1.165) is 0 Å². The summed E-state index contributed by atoms with van der Waals surface area (Å²) in [4.78, 5) is 0. The zero-order valence-corrected chi connectivity index (χ0v) is 90.0. The van der Waals surface area contributed by atoms with E-state index >= 15 is 0 Å². The predicted molar refractivity (Wildman–Crippen MR) is 490 cm³/mol. The van der Waals surface area contributed by atoms with Gasteiger partial charge < -0.3 is 0 Å². The van der Waals surface area contributed by atoms with Crippen LogP contribution in [0.1, 0.15) is 459 Å². The van der Waals surface area contributed by atoms with Crippen molar-refractivity contribution in [2.45, 2.75) is 521 Å². The molecule has 0 radical (unpaired) electrons. The van der Waals surface area contributed by atoms with E-state index < -0.39 is 127 Å². The van der Waals surface area contributed by atoms with Gasteiger partial charge in [0.1, 0.15) is 0 Å². The molecular formula is C101H192F30. The Morgan fingerprint density at radius 2 is 0.412 bits per heavy atom. The van der Waals surface area contributed by atoms with Crippen LogP contribution in [-0.4, -0.2) is 61.8 Å². The Hall–Kier alpha value is -2.10. The number of halogens is 30. The van der Waals surface area contributed by atoms with Crippen molar-refractivity contribution in [1.82, 2.24) is 0 Å². The molecule has 0 aliphatic rings. The Labute approximate surface area is 779 Å². The molecule has 0 heterocycles. The number of rotatable bonds is 36. The van der Waals surface area contributed by atoms with Crippen molar-refractivity contribution in [1.29, 1.82) is 0 Å². The average molecular weight is 1980 g/mol. The van der Waals surface area contributed by atoms with Crippen LogP contribution in [-0.2, 0) is 0 Å². The van der Waals surface area contributed by atoms with Gasteiger partial charge in [-0.15, -0.1) is 0 Å². The molecule has 8 unspecified atom stereocenters. The molecule has 0 saturated carbocycles. The summed E-state index contributed by atoms with van der Waals surface area (Å²) in [6, 6.07) is 0. The van der Waals surface area contributed by atoms with Gasteiger partial charge in [0, 0.05) is 0 Å². The molecule has 0 N–H and O–H groups in total. The van der Waals surface area contributed by atoms with Crippen molar-refractivity contribution < 1.29 is 132 Å². The summed E-state index contributed by atoms with van der Waals surface area (Å²) >= 11 is 0. The molecule has 0 spiro atoms. The largest absolute Gasteiger partial charge is 0.394 e. The SMILES string of the molecule is CC(C)C(C(C)C)C(C)(C)C(F)(F)F.CCC(C)(C(C(C)C)C(C)C)C(F)(F)F.CCC(C)(C(C)C)C(F)(F)F.CCC(C)(CC(C)C)C(F)(F)F.CCC(C)(CC)C(C)(CC)C(F)(F)F.CCC(C)(CC)C(F)(F)F.CCC(CC)C(C)(CC)C(F)(F)F.CCCC(C)(C(CC)CC)C(F)(F)F.CCCC(C)(C(F)(F)F)C(C)(CC)CC.CCCC(C)(CC(C)C)C(F)(F)F. The lowest BCUT2D eigenvalue weighted by molar-refractivity contribution is -0.261. The maximum atomic E-state index is 13.2. The zero-order chi connectivity index (χ0) is 109. The number of hydrogen-bond donors (Lipinski definition) is 0. The van der Waals surface area contributed by atoms with Crippen molar-refractivity contribution in [2.24, 2.45) is 130 Å². The molecule has 0 nitrogen and oxygen atoms in total. The lowest BCUT2D eigenvalue weighted by Crippen LogP contribution is -2.48. The van der Waals surface area contributed by atoms with Crippen molar-refractivity contribution in [2.75, 3.05) is 0 Å². The summed E-state index contributed by atoms with van der Waals surface area (Å²) in [5, 5.41) is 0. The Bertz CT molecular complexity index is 2790. The first-order valence-corrected chi connectivity index (χ1v) is 48.4. The molecule has 806 valence electrons. The molecule has 0 fully saturated rings. The normalized spacial score (nSPS) is 17.1. The van der Waals surface area contributed by atoms with Crippen LogP contribution in [0.2, 0.25) is 0 Å². The van der Waals surface area contributed by atoms with Gasteiger partial charge in [0.25, 0.3) is 0 Å². The van der Waals surface area contributed by atoms with Gasteiger partial charge >= 0.3 is 61.8 Å². The van der Waals surface area contributed by atoms with Gasteiger partial charge in [0.05, 0.1) is 54.1 Å². The highest BCUT2D eigenvalue weighted by molar-refractivity contribution is 4.99. The van der Waals surface area contributed by atoms with E-state index in [1.165, 1.54) is 76.2 Å². The molecule has 8 atom stereocenters. The van der Waals surface area contributed by atoms with Gasteiger partial charge in [-0.05, 0) is 179 Å². The fourth-order valence-corrected chi connectivity index (χ4v) is 18.8. The maximum Gasteiger partial charge on any atom is 0.394 e. The highest BCUT2D eigenvalue weighted by atomic mass is 19.4. The smallest absolute Gasteiger partial charge is 0.171 e. The molecule has 0 aromatic carbocycles. The Morgan fingerprint density at radius 1 is 0.183 bits per heavy atom. The van der Waals surface area contributed by atoms with E-state index in [4.69, 9.17) is 0 Å². The molecule has 0 aromatic rings. The number of alkyl halides is 30. The third-order valence-electron chi connectivity index (χ3n) is 31.2. The van der Waals surface area contributed by atoms with E-state index in [2.05, 4.69) is 0 Å². The minimum atomic E-state index is -4.12. The van der Waals surface area contributed by atoms with Gasteiger partial charge in [-0.3, -0.25) is 0 Å². The first kappa shape index (κ1) is 149. The second-order valence-corrected chi connectivity index (χ2v) is 42.4. The average Bonchev–Trinajstić information content (AvgIpc) is 0.759. The molecule has 0 saturated heterocycles. The Morgan fingerprint density at radius 3 is 0.519 bits per heavy atom. The first-order valence-electron chi connectivity index (χ1n) is 48.4. The van der Waals surface area contributed by atoms with E-state index in [0.29, 0.717) is 70.6 Å². The van der Waals surface area contributed by atoms with Crippen LogP contribution >= 0.6 is 0 Å². The van der Waals surface area contributed by atoms with Gasteiger partial charge in [-0.25, -0.2) is 0 Å². The second-order valence-electron chi connectivity index (χ2n) is 42.4. The monoisotopic (exact) mass is 1980 g/mol. The van der Waals surface area contributed by atoms with Gasteiger partial charge in [0.2, 0.25) is 0 Å². The molecule has 0 amide bonds. The lowest BCUT2D eigenvalue weighted by Gasteiger charge is -2.47. The van der Waals surface area contributed by atoms with Crippen LogP contribution < -0.4 is 0 Å². The van der Waals surface area contributed by atoms with Crippen molar-refractivity contribution >= 4 is 0 Å². The molecule has 0 bridgehead atoms. The number of hydrogen-bond acceptors (Lipinski definition) is 0. The van der Waals surface area contributed by atoms with Crippen molar-refractivity contribution in [3.8, 4) is 0 Å². The summed E-state index contributed by atoms with van der Waals surface area (Å²) < 4.78 is 382. The Kier molecular flexibility index (Phi) is 67.9. The van der Waals surface area contributed by atoms with Crippen LogP contribution in [0.4, 0.5) is 132 Å². The van der Waals surface area contributed by atoms with Crippen molar-refractivity contribution in [3.63, 3.8) is 0 Å². The molecule has 0 aromatic heterocycles. The molecule has 0 aliphatic carbocycles. The summed E-state index contributed by atoms with van der Waals surface area (Å²) in [6.45, 7) is 74.8. The summed E-state index contributed by atoms with van der Waals surface area (Å²) in [6.07, 6.45) is -32.2. The van der Waals surface area contributed by atoms with Crippen LogP contribution in [0.3, 0.4) is 0 Å². The van der Waals surface area contributed by atoms with Gasteiger partial charge in [-0.2, -0.15) is 132 Å². The topological polar surface area (TPSA) is 0 Å². The maximum absolute atomic E-state index is 13.2. The standard InChI is InChI=1S/2C12H23F3.3C11H21F3.2C10H19F3.C9H17F3.C8H15F3.C7H13F3/c1-7-11(6,12(13,14)15)10(8(2)3)9(4)5;1-6-9-11(5,12(13,14)15)10(4,7-2)8-3;1-7(2)9(8(3)4)10(5,6)11(12,13)14;1-6-9(4,7-2)10(5,8-3)11(12,13)14;1-5-8-10(4,11(12,13)14)9(6-2)7-3;1-5-6-9(4,7-8(2)3)10(11,12)13;1-5-8(6-2)9(4,7-3)10(11,12)13;1-5-8(4,6-7(2)3)9(10,11)12;1-5-7(4,6(2)3)8(9,10)11;1-4-6(3,5-2)7(8,9)10/h8-10H,7H2,1-6H3;6-9H2,1-5H3;7-9H,1-6H3;6-8H2,1-5H3;9H,5-8H2,1-4H3;2*8H,5-7H2,1-4H3;7H,5-6H2,1-4H3;6H,5H2,1-4H3;4-5H2,1-3H3. The van der Waals surface area contributed by atoms with Crippen LogP contribution in [0, 0.1) is 130 Å². The van der Waals surface area contributed by atoms with E-state index in [1.807, 2.05) is 152 Å². The molecule has 0 rings (SSSR count). The van der Waals surface area contributed by atoms with Crippen LogP contribution in [0.15, 0.2) is 0 Å². The minimum Gasteiger partial charge on any atom is -0.171 e. The quantitative estimate of drug-likeness (QED) is 0.0549. The van der Waals surface area contributed by atoms with E-state index in [-0.39, 0.29) is 142 Å².